The highest BCUT2D eigenvalue weighted by Crippen LogP contribution is 2.26. The lowest BCUT2D eigenvalue weighted by Crippen LogP contribution is -2.46. The number of aryl methyl sites for hydroxylation is 1. The van der Waals surface area contributed by atoms with Crippen LogP contribution in [0, 0.1) is 0 Å². The van der Waals surface area contributed by atoms with Gasteiger partial charge in [0.1, 0.15) is 17.9 Å². The SMILES string of the molecule is O=C(NC1CC1)[C@@H]1C[C@H](Oc2cccnc2)CN1C(=O)CCc1ccccc1. The zero-order valence-corrected chi connectivity index (χ0v) is 15.8. The zero-order valence-electron chi connectivity index (χ0n) is 15.8. The Kier molecular flexibility index (Phi) is 5.55. The maximum Gasteiger partial charge on any atom is 0.243 e. The third-order valence-electron chi connectivity index (χ3n) is 5.22. The second-order valence-electron chi connectivity index (χ2n) is 7.49. The van der Waals surface area contributed by atoms with Gasteiger partial charge in [-0.2, -0.15) is 0 Å². The van der Waals surface area contributed by atoms with E-state index in [4.69, 9.17) is 4.74 Å². The van der Waals surface area contributed by atoms with Crippen LogP contribution in [0.3, 0.4) is 0 Å². The summed E-state index contributed by atoms with van der Waals surface area (Å²) in [6, 6.07) is 13.4. The van der Waals surface area contributed by atoms with Crippen molar-refractivity contribution in [2.75, 3.05) is 6.54 Å². The number of pyridine rings is 1. The molecule has 4 rings (SSSR count). The van der Waals surface area contributed by atoms with E-state index in [0.29, 0.717) is 31.6 Å². The van der Waals surface area contributed by atoms with Crippen molar-refractivity contribution in [1.29, 1.82) is 0 Å². The fraction of sp³-hybridized carbons (Fsp3) is 0.409. The second-order valence-corrected chi connectivity index (χ2v) is 7.49. The molecule has 1 aromatic heterocycles. The lowest BCUT2D eigenvalue weighted by molar-refractivity contribution is -0.138. The highest BCUT2D eigenvalue weighted by molar-refractivity contribution is 5.88. The van der Waals surface area contributed by atoms with Crippen LogP contribution < -0.4 is 10.1 Å². The summed E-state index contributed by atoms with van der Waals surface area (Å²) in [5.74, 6) is 0.595. The first kappa shape index (κ1) is 18.5. The molecule has 0 radical (unpaired) electrons. The van der Waals surface area contributed by atoms with Gasteiger partial charge >= 0.3 is 0 Å². The van der Waals surface area contributed by atoms with E-state index in [1.165, 1.54) is 0 Å². The highest BCUT2D eigenvalue weighted by Gasteiger charge is 2.41. The minimum absolute atomic E-state index is 0.00270. The Morgan fingerprint density at radius 2 is 1.96 bits per heavy atom. The predicted molar refractivity (Wildman–Crippen MR) is 105 cm³/mol. The lowest BCUT2D eigenvalue weighted by Gasteiger charge is -2.23. The number of carbonyl (C=O) groups is 2. The molecule has 2 atom stereocenters. The normalized spacial score (nSPS) is 21.4. The summed E-state index contributed by atoms with van der Waals surface area (Å²) < 4.78 is 5.98. The average Bonchev–Trinajstić information content (AvgIpc) is 3.44. The number of ether oxygens (including phenoxy) is 1. The average molecular weight is 379 g/mol. The molecule has 1 saturated heterocycles. The maximum absolute atomic E-state index is 12.9. The minimum Gasteiger partial charge on any atom is -0.487 e. The molecule has 146 valence electrons. The summed E-state index contributed by atoms with van der Waals surface area (Å²) in [6.45, 7) is 0.422. The van der Waals surface area contributed by atoms with E-state index in [2.05, 4.69) is 10.3 Å². The molecular formula is C22H25N3O3. The summed E-state index contributed by atoms with van der Waals surface area (Å²) in [5, 5.41) is 3.04. The number of benzene rings is 1. The molecule has 1 aromatic carbocycles. The Morgan fingerprint density at radius 3 is 2.68 bits per heavy atom. The Hall–Kier alpha value is -2.89. The van der Waals surface area contributed by atoms with E-state index >= 15 is 0 Å². The van der Waals surface area contributed by atoms with Gasteiger partial charge in [-0.25, -0.2) is 0 Å². The van der Waals surface area contributed by atoms with E-state index in [9.17, 15) is 9.59 Å². The maximum atomic E-state index is 12.9. The predicted octanol–water partition coefficient (Wildman–Crippen LogP) is 2.34. The fourth-order valence-corrected chi connectivity index (χ4v) is 3.58. The van der Waals surface area contributed by atoms with Gasteiger partial charge < -0.3 is 15.0 Å². The van der Waals surface area contributed by atoms with E-state index in [1.54, 1.807) is 17.3 Å². The van der Waals surface area contributed by atoms with Gasteiger partial charge in [0.05, 0.1) is 12.7 Å². The van der Waals surface area contributed by atoms with E-state index < -0.39 is 6.04 Å². The summed E-state index contributed by atoms with van der Waals surface area (Å²) in [6.07, 6.45) is 6.74. The number of carbonyl (C=O) groups excluding carboxylic acids is 2. The van der Waals surface area contributed by atoms with Crippen molar-refractivity contribution in [3.05, 3.63) is 60.4 Å². The lowest BCUT2D eigenvalue weighted by atomic mass is 10.1. The summed E-state index contributed by atoms with van der Waals surface area (Å²) >= 11 is 0. The number of likely N-dealkylation sites (tertiary alicyclic amines) is 1. The van der Waals surface area contributed by atoms with Crippen molar-refractivity contribution >= 4 is 11.8 Å². The largest absolute Gasteiger partial charge is 0.487 e. The van der Waals surface area contributed by atoms with Gasteiger partial charge in [0.2, 0.25) is 11.8 Å². The van der Waals surface area contributed by atoms with Gasteiger partial charge in [0, 0.05) is 25.1 Å². The zero-order chi connectivity index (χ0) is 19.3. The van der Waals surface area contributed by atoms with Crippen molar-refractivity contribution in [1.82, 2.24) is 15.2 Å². The van der Waals surface area contributed by atoms with Gasteiger partial charge in [-0.05, 0) is 37.0 Å². The molecular weight excluding hydrogens is 354 g/mol. The number of hydrogen-bond acceptors (Lipinski definition) is 4. The molecule has 1 saturated carbocycles. The molecule has 6 heteroatoms. The number of amides is 2. The monoisotopic (exact) mass is 379 g/mol. The van der Waals surface area contributed by atoms with Crippen LogP contribution in [0.25, 0.3) is 0 Å². The van der Waals surface area contributed by atoms with Crippen LogP contribution in [-0.2, 0) is 16.0 Å². The number of aromatic nitrogens is 1. The van der Waals surface area contributed by atoms with Crippen LogP contribution in [-0.4, -0.2) is 46.4 Å². The molecule has 2 fully saturated rings. The Morgan fingerprint density at radius 1 is 1.14 bits per heavy atom. The van der Waals surface area contributed by atoms with Crippen LogP contribution in [0.5, 0.6) is 5.75 Å². The third kappa shape index (κ3) is 4.68. The van der Waals surface area contributed by atoms with Crippen LogP contribution in [0.15, 0.2) is 54.9 Å². The summed E-state index contributed by atoms with van der Waals surface area (Å²) in [7, 11) is 0. The van der Waals surface area contributed by atoms with Gasteiger partial charge in [0.15, 0.2) is 0 Å². The van der Waals surface area contributed by atoms with Gasteiger partial charge in [-0.15, -0.1) is 0 Å². The second kappa shape index (κ2) is 8.42. The summed E-state index contributed by atoms with van der Waals surface area (Å²) in [5.41, 5.74) is 1.12. The minimum atomic E-state index is -0.467. The number of nitrogens with one attached hydrogen (secondary N) is 1. The molecule has 0 unspecified atom stereocenters. The van der Waals surface area contributed by atoms with Gasteiger partial charge in [-0.3, -0.25) is 14.6 Å². The summed E-state index contributed by atoms with van der Waals surface area (Å²) in [4.78, 5) is 31.4. The molecule has 2 amide bonds. The molecule has 0 spiro atoms. The van der Waals surface area contributed by atoms with Crippen molar-refractivity contribution in [2.24, 2.45) is 0 Å². The van der Waals surface area contributed by atoms with Crippen molar-refractivity contribution in [2.45, 2.75) is 50.3 Å². The quantitative estimate of drug-likeness (QED) is 0.802. The molecule has 1 aliphatic heterocycles. The van der Waals surface area contributed by atoms with E-state index in [-0.39, 0.29) is 24.0 Å². The molecule has 2 heterocycles. The first-order chi connectivity index (χ1) is 13.7. The third-order valence-corrected chi connectivity index (χ3v) is 5.22. The Bertz CT molecular complexity index is 808. The van der Waals surface area contributed by atoms with Crippen LogP contribution in [0.1, 0.15) is 31.2 Å². The first-order valence-electron chi connectivity index (χ1n) is 9.89. The Labute approximate surface area is 164 Å². The first-order valence-corrected chi connectivity index (χ1v) is 9.89. The number of rotatable bonds is 7. The number of nitrogens with zero attached hydrogens (tertiary/aromatic N) is 2. The Balaban J connectivity index is 1.41. The fourth-order valence-electron chi connectivity index (χ4n) is 3.58. The van der Waals surface area contributed by atoms with Crippen molar-refractivity contribution < 1.29 is 14.3 Å². The van der Waals surface area contributed by atoms with Gasteiger partial charge in [-0.1, -0.05) is 30.3 Å². The molecule has 1 N–H and O–H groups in total. The van der Waals surface area contributed by atoms with Crippen molar-refractivity contribution in [3.63, 3.8) is 0 Å². The van der Waals surface area contributed by atoms with Crippen LogP contribution in [0.4, 0.5) is 0 Å². The van der Waals surface area contributed by atoms with E-state index in [1.807, 2.05) is 42.5 Å². The molecule has 28 heavy (non-hydrogen) atoms. The molecule has 0 bridgehead atoms. The molecule has 2 aliphatic rings. The van der Waals surface area contributed by atoms with E-state index in [0.717, 1.165) is 18.4 Å². The van der Waals surface area contributed by atoms with Crippen LogP contribution >= 0.6 is 0 Å². The smallest absolute Gasteiger partial charge is 0.243 e. The standard InChI is InChI=1S/C22H25N3O3/c26-21(11-8-16-5-2-1-3-6-16)25-15-19(28-18-7-4-12-23-14-18)13-20(25)22(27)24-17-9-10-17/h1-7,12,14,17,19-20H,8-11,13,15H2,(H,24,27)/t19-,20-/m0/s1. The topological polar surface area (TPSA) is 71.5 Å². The highest BCUT2D eigenvalue weighted by atomic mass is 16.5. The van der Waals surface area contributed by atoms with Gasteiger partial charge in [0.25, 0.3) is 0 Å². The van der Waals surface area contributed by atoms with Crippen LogP contribution in [0.2, 0.25) is 0 Å². The number of hydrogen-bond donors (Lipinski definition) is 1. The molecule has 2 aromatic rings. The van der Waals surface area contributed by atoms with Crippen molar-refractivity contribution in [3.8, 4) is 5.75 Å². The molecule has 6 nitrogen and oxygen atoms in total. The molecule has 1 aliphatic carbocycles.